The number of hydrogen-bond donors (Lipinski definition) is 1. The highest BCUT2D eigenvalue weighted by Gasteiger charge is 2.23. The average molecular weight is 292 g/mol. The first kappa shape index (κ1) is 15.3. The van der Waals surface area contributed by atoms with Crippen LogP contribution in [0.4, 0.5) is 0 Å². The number of thiophene rings is 1. The van der Waals surface area contributed by atoms with E-state index in [9.17, 15) is 4.79 Å². The van der Waals surface area contributed by atoms with Crippen molar-refractivity contribution in [1.82, 2.24) is 10.2 Å². The second-order valence-electron chi connectivity index (χ2n) is 5.42. The highest BCUT2D eigenvalue weighted by molar-refractivity contribution is 7.07. The van der Waals surface area contributed by atoms with Gasteiger partial charge in [-0.3, -0.25) is 9.69 Å². The van der Waals surface area contributed by atoms with Crippen LogP contribution in [0.25, 0.3) is 0 Å². The van der Waals surface area contributed by atoms with Crippen LogP contribution in [0.2, 0.25) is 0 Å². The predicted octanol–water partition coefficient (Wildman–Crippen LogP) is 3.19. The largest absolute Gasteiger partial charge is 0.352 e. The molecule has 20 heavy (non-hydrogen) atoms. The van der Waals surface area contributed by atoms with E-state index in [1.165, 1.54) is 37.7 Å². The molecule has 2 rings (SSSR count). The van der Waals surface area contributed by atoms with Gasteiger partial charge in [-0.15, -0.1) is 6.58 Å². The van der Waals surface area contributed by atoms with Crippen LogP contribution >= 0.6 is 11.3 Å². The number of nitrogens with one attached hydrogen (secondary N) is 1. The minimum Gasteiger partial charge on any atom is -0.352 e. The van der Waals surface area contributed by atoms with E-state index < -0.39 is 0 Å². The van der Waals surface area contributed by atoms with Crippen molar-refractivity contribution in [2.75, 3.05) is 13.1 Å². The Balaban J connectivity index is 1.95. The molecule has 1 N–H and O–H groups in total. The van der Waals surface area contributed by atoms with Crippen molar-refractivity contribution in [3.63, 3.8) is 0 Å². The van der Waals surface area contributed by atoms with Crippen molar-refractivity contribution < 1.29 is 4.79 Å². The summed E-state index contributed by atoms with van der Waals surface area (Å²) in [5.41, 5.74) is 1.32. The molecule has 1 aliphatic carbocycles. The van der Waals surface area contributed by atoms with E-state index in [1.807, 2.05) is 0 Å². The maximum Gasteiger partial charge on any atom is 0.234 e. The van der Waals surface area contributed by atoms with Crippen LogP contribution in [0.5, 0.6) is 0 Å². The summed E-state index contributed by atoms with van der Waals surface area (Å²) >= 11 is 1.72. The fourth-order valence-electron chi connectivity index (χ4n) is 2.80. The number of carbonyl (C=O) groups excluding carboxylic acids is 1. The summed E-state index contributed by atoms with van der Waals surface area (Å²) in [4.78, 5) is 14.3. The van der Waals surface area contributed by atoms with Crippen LogP contribution in [0.15, 0.2) is 29.5 Å². The Morgan fingerprint density at radius 3 is 2.90 bits per heavy atom. The van der Waals surface area contributed by atoms with Crippen molar-refractivity contribution in [2.45, 2.75) is 44.7 Å². The van der Waals surface area contributed by atoms with Gasteiger partial charge in [-0.2, -0.15) is 11.3 Å². The minimum atomic E-state index is 0.103. The summed E-state index contributed by atoms with van der Waals surface area (Å²) in [5.74, 6) is 0.103. The molecule has 4 heteroatoms. The maximum atomic E-state index is 12.0. The number of carbonyl (C=O) groups is 1. The molecule has 1 saturated carbocycles. The van der Waals surface area contributed by atoms with Crippen LogP contribution in [0.1, 0.15) is 37.7 Å². The molecule has 1 fully saturated rings. The third-order valence-corrected chi connectivity index (χ3v) is 4.58. The summed E-state index contributed by atoms with van der Waals surface area (Å²) in [6.45, 7) is 5.57. The van der Waals surface area contributed by atoms with E-state index in [-0.39, 0.29) is 5.91 Å². The molecule has 0 aromatic carbocycles. The molecule has 1 amide bonds. The van der Waals surface area contributed by atoms with Gasteiger partial charge in [-0.25, -0.2) is 0 Å². The Bertz CT molecular complexity index is 410. The van der Waals surface area contributed by atoms with Gasteiger partial charge in [0.2, 0.25) is 5.91 Å². The third-order valence-electron chi connectivity index (χ3n) is 3.85. The highest BCUT2D eigenvalue weighted by atomic mass is 32.1. The summed E-state index contributed by atoms with van der Waals surface area (Å²) in [6.07, 6.45) is 8.09. The van der Waals surface area contributed by atoms with Crippen LogP contribution < -0.4 is 5.32 Å². The van der Waals surface area contributed by atoms with Gasteiger partial charge in [-0.05, 0) is 35.2 Å². The molecule has 1 aromatic heterocycles. The molecule has 0 atom stereocenters. The molecular formula is C16H24N2OS. The second-order valence-corrected chi connectivity index (χ2v) is 6.20. The lowest BCUT2D eigenvalue weighted by molar-refractivity contribution is -0.122. The molecule has 110 valence electrons. The summed E-state index contributed by atoms with van der Waals surface area (Å²) < 4.78 is 0. The second kappa shape index (κ2) is 8.22. The van der Waals surface area contributed by atoms with Crippen LogP contribution in [0, 0.1) is 0 Å². The highest BCUT2D eigenvalue weighted by Crippen LogP contribution is 2.24. The van der Waals surface area contributed by atoms with Gasteiger partial charge in [0.15, 0.2) is 0 Å². The van der Waals surface area contributed by atoms with E-state index in [0.29, 0.717) is 19.1 Å². The first-order chi connectivity index (χ1) is 9.79. The van der Waals surface area contributed by atoms with Crippen LogP contribution in [-0.2, 0) is 11.3 Å². The van der Waals surface area contributed by atoms with Crippen LogP contribution in [-0.4, -0.2) is 29.9 Å². The quantitative estimate of drug-likeness (QED) is 0.783. The third kappa shape index (κ3) is 4.76. The molecule has 0 unspecified atom stereocenters. The van der Waals surface area contributed by atoms with Crippen molar-refractivity contribution in [3.05, 3.63) is 35.0 Å². The summed E-state index contributed by atoms with van der Waals surface area (Å²) in [5, 5.41) is 7.17. The molecular weight excluding hydrogens is 268 g/mol. The normalized spacial score (nSPS) is 16.2. The zero-order valence-corrected chi connectivity index (χ0v) is 12.8. The predicted molar refractivity (Wildman–Crippen MR) is 84.8 cm³/mol. The van der Waals surface area contributed by atoms with Crippen molar-refractivity contribution >= 4 is 17.2 Å². The Labute approximate surface area is 125 Å². The Hall–Kier alpha value is -1.13. The van der Waals surface area contributed by atoms with Gasteiger partial charge in [-0.1, -0.05) is 25.3 Å². The standard InChI is InChI=1S/C16H24N2OS/c1-2-9-17-16(19)12-18(11-14-8-10-20-13-14)15-6-4-3-5-7-15/h2,8,10,13,15H,1,3-7,9,11-12H2,(H,17,19). The summed E-state index contributed by atoms with van der Waals surface area (Å²) in [7, 11) is 0. The molecule has 3 nitrogen and oxygen atoms in total. The van der Waals surface area contributed by atoms with Gasteiger partial charge in [0.25, 0.3) is 0 Å². The fourth-order valence-corrected chi connectivity index (χ4v) is 3.46. The number of hydrogen-bond acceptors (Lipinski definition) is 3. The fraction of sp³-hybridized carbons (Fsp3) is 0.562. The first-order valence-electron chi connectivity index (χ1n) is 7.42. The van der Waals surface area contributed by atoms with E-state index >= 15 is 0 Å². The van der Waals surface area contributed by atoms with Crippen LogP contribution in [0.3, 0.4) is 0 Å². The number of amides is 1. The molecule has 0 aliphatic heterocycles. The Morgan fingerprint density at radius 1 is 1.45 bits per heavy atom. The average Bonchev–Trinajstić information content (AvgIpc) is 2.98. The van der Waals surface area contributed by atoms with Crippen molar-refractivity contribution in [3.8, 4) is 0 Å². The van der Waals surface area contributed by atoms with Gasteiger partial charge in [0, 0.05) is 19.1 Å². The Kier molecular flexibility index (Phi) is 6.27. The Morgan fingerprint density at radius 2 is 2.25 bits per heavy atom. The van der Waals surface area contributed by atoms with E-state index in [0.717, 1.165) is 6.54 Å². The topological polar surface area (TPSA) is 32.3 Å². The molecule has 1 aliphatic rings. The number of nitrogens with zero attached hydrogens (tertiary/aromatic N) is 1. The lowest BCUT2D eigenvalue weighted by Gasteiger charge is -2.33. The lowest BCUT2D eigenvalue weighted by atomic mass is 9.94. The molecule has 0 bridgehead atoms. The molecule has 0 saturated heterocycles. The first-order valence-corrected chi connectivity index (χ1v) is 8.36. The van der Waals surface area contributed by atoms with E-state index in [4.69, 9.17) is 0 Å². The van der Waals surface area contributed by atoms with Gasteiger partial charge >= 0.3 is 0 Å². The minimum absolute atomic E-state index is 0.103. The van der Waals surface area contributed by atoms with Gasteiger partial charge < -0.3 is 5.32 Å². The molecule has 1 aromatic rings. The monoisotopic (exact) mass is 292 g/mol. The van der Waals surface area contributed by atoms with Gasteiger partial charge in [0.1, 0.15) is 0 Å². The van der Waals surface area contributed by atoms with Crippen molar-refractivity contribution in [2.24, 2.45) is 0 Å². The maximum absolute atomic E-state index is 12.0. The van der Waals surface area contributed by atoms with Crippen molar-refractivity contribution in [1.29, 1.82) is 0 Å². The molecule has 0 radical (unpaired) electrons. The van der Waals surface area contributed by atoms with E-state index in [1.54, 1.807) is 17.4 Å². The molecule has 1 heterocycles. The lowest BCUT2D eigenvalue weighted by Crippen LogP contribution is -2.43. The van der Waals surface area contributed by atoms with Gasteiger partial charge in [0.05, 0.1) is 6.54 Å². The zero-order chi connectivity index (χ0) is 14.2. The molecule has 0 spiro atoms. The SMILES string of the molecule is C=CCNC(=O)CN(Cc1ccsc1)C1CCCCC1. The number of rotatable bonds is 7. The zero-order valence-electron chi connectivity index (χ0n) is 12.0. The summed E-state index contributed by atoms with van der Waals surface area (Å²) in [6, 6.07) is 2.71. The van der Waals surface area contributed by atoms with E-state index in [2.05, 4.69) is 33.6 Å². The smallest absolute Gasteiger partial charge is 0.234 e.